The summed E-state index contributed by atoms with van der Waals surface area (Å²) in [6.07, 6.45) is 7.98. The van der Waals surface area contributed by atoms with Gasteiger partial charge in [0, 0.05) is 18.4 Å². The van der Waals surface area contributed by atoms with Crippen molar-refractivity contribution in [1.29, 1.82) is 0 Å². The molecule has 1 heterocycles. The zero-order chi connectivity index (χ0) is 9.97. The monoisotopic (exact) mass is 190 g/mol. The smallest absolute Gasteiger partial charge is 0.0349 e. The summed E-state index contributed by atoms with van der Waals surface area (Å²) < 4.78 is 0. The van der Waals surface area contributed by atoms with Gasteiger partial charge < -0.3 is 5.32 Å². The number of nitrogens with zero attached hydrogens (tertiary/aromatic N) is 1. The second-order valence-electron chi connectivity index (χ2n) is 4.19. The third-order valence-electron chi connectivity index (χ3n) is 3.33. The van der Waals surface area contributed by atoms with Gasteiger partial charge in [0.15, 0.2) is 0 Å². The first-order valence-electron chi connectivity index (χ1n) is 5.40. The van der Waals surface area contributed by atoms with E-state index < -0.39 is 0 Å². The highest BCUT2D eigenvalue weighted by molar-refractivity contribution is 5.26. The van der Waals surface area contributed by atoms with Gasteiger partial charge in [-0.25, -0.2) is 0 Å². The zero-order valence-corrected chi connectivity index (χ0v) is 8.96. The Bertz CT molecular complexity index is 305. The van der Waals surface area contributed by atoms with E-state index in [0.717, 1.165) is 5.92 Å². The molecule has 2 heteroatoms. The van der Waals surface area contributed by atoms with Gasteiger partial charge in [-0.05, 0) is 49.9 Å². The first-order chi connectivity index (χ1) is 6.83. The van der Waals surface area contributed by atoms with Crippen molar-refractivity contribution in [3.8, 4) is 0 Å². The van der Waals surface area contributed by atoms with Crippen LogP contribution < -0.4 is 5.32 Å². The number of aromatic nitrogens is 1. The van der Waals surface area contributed by atoms with E-state index in [0.29, 0.717) is 6.04 Å². The van der Waals surface area contributed by atoms with E-state index in [1.54, 1.807) is 0 Å². The predicted molar refractivity (Wildman–Crippen MR) is 58.1 cm³/mol. The average molecular weight is 190 g/mol. The Balaban J connectivity index is 2.22. The van der Waals surface area contributed by atoms with Crippen LogP contribution in [0.3, 0.4) is 0 Å². The lowest BCUT2D eigenvalue weighted by atomic mass is 9.76. The summed E-state index contributed by atoms with van der Waals surface area (Å²) in [5, 5.41) is 3.43. The summed E-state index contributed by atoms with van der Waals surface area (Å²) in [6, 6.07) is 2.68. The van der Waals surface area contributed by atoms with Gasteiger partial charge in [0.1, 0.15) is 0 Å². The Kier molecular flexibility index (Phi) is 2.82. The van der Waals surface area contributed by atoms with Crippen molar-refractivity contribution in [1.82, 2.24) is 10.3 Å². The van der Waals surface area contributed by atoms with Crippen molar-refractivity contribution in [2.45, 2.75) is 32.2 Å². The zero-order valence-electron chi connectivity index (χ0n) is 8.96. The second-order valence-corrected chi connectivity index (χ2v) is 4.19. The van der Waals surface area contributed by atoms with Crippen LogP contribution >= 0.6 is 0 Å². The minimum atomic E-state index is 0.534. The SMILES string of the molecule is CNC(c1ccncc1C)C1CCC1. The minimum Gasteiger partial charge on any atom is -0.313 e. The number of nitrogens with one attached hydrogen (secondary N) is 1. The highest BCUT2D eigenvalue weighted by Crippen LogP contribution is 2.38. The summed E-state index contributed by atoms with van der Waals surface area (Å²) in [4.78, 5) is 4.14. The molecular weight excluding hydrogens is 172 g/mol. The van der Waals surface area contributed by atoms with Crippen molar-refractivity contribution < 1.29 is 0 Å². The van der Waals surface area contributed by atoms with Crippen LogP contribution in [0.1, 0.15) is 36.4 Å². The van der Waals surface area contributed by atoms with Crippen LogP contribution in [0.25, 0.3) is 0 Å². The Hall–Kier alpha value is -0.890. The lowest BCUT2D eigenvalue weighted by Gasteiger charge is -2.34. The van der Waals surface area contributed by atoms with Gasteiger partial charge in [-0.1, -0.05) is 6.42 Å². The van der Waals surface area contributed by atoms with Crippen LogP contribution in [0.15, 0.2) is 18.5 Å². The van der Waals surface area contributed by atoms with Gasteiger partial charge in [0.2, 0.25) is 0 Å². The molecule has 1 saturated carbocycles. The molecule has 0 spiro atoms. The highest BCUT2D eigenvalue weighted by atomic mass is 14.9. The molecule has 1 N–H and O–H groups in total. The predicted octanol–water partition coefficient (Wildman–Crippen LogP) is 2.45. The van der Waals surface area contributed by atoms with Crippen LogP contribution in [0.2, 0.25) is 0 Å². The Labute approximate surface area is 85.7 Å². The van der Waals surface area contributed by atoms with Crippen LogP contribution in [0.4, 0.5) is 0 Å². The van der Waals surface area contributed by atoms with E-state index >= 15 is 0 Å². The third kappa shape index (κ3) is 1.67. The molecule has 1 fully saturated rings. The molecule has 1 unspecified atom stereocenters. The van der Waals surface area contributed by atoms with Crippen molar-refractivity contribution >= 4 is 0 Å². The van der Waals surface area contributed by atoms with E-state index in [4.69, 9.17) is 0 Å². The maximum Gasteiger partial charge on any atom is 0.0349 e. The molecule has 0 aliphatic heterocycles. The Morgan fingerprint density at radius 1 is 1.50 bits per heavy atom. The van der Waals surface area contributed by atoms with Crippen molar-refractivity contribution in [2.24, 2.45) is 5.92 Å². The molecule has 0 saturated heterocycles. The molecule has 0 radical (unpaired) electrons. The van der Waals surface area contributed by atoms with E-state index in [2.05, 4.69) is 30.3 Å². The fourth-order valence-electron chi connectivity index (χ4n) is 2.25. The van der Waals surface area contributed by atoms with Gasteiger partial charge in [0.25, 0.3) is 0 Å². The number of hydrogen-bond acceptors (Lipinski definition) is 2. The third-order valence-corrected chi connectivity index (χ3v) is 3.33. The number of rotatable bonds is 3. The molecule has 0 amide bonds. The normalized spacial score (nSPS) is 19.0. The number of hydrogen-bond donors (Lipinski definition) is 1. The van der Waals surface area contributed by atoms with E-state index in [1.165, 1.54) is 30.4 Å². The summed E-state index contributed by atoms with van der Waals surface area (Å²) in [6.45, 7) is 2.14. The van der Waals surface area contributed by atoms with Gasteiger partial charge >= 0.3 is 0 Å². The first-order valence-corrected chi connectivity index (χ1v) is 5.40. The molecule has 0 bridgehead atoms. The summed E-state index contributed by atoms with van der Waals surface area (Å²) >= 11 is 0. The first kappa shape index (κ1) is 9.66. The lowest BCUT2D eigenvalue weighted by Crippen LogP contribution is -2.30. The molecular formula is C12H18N2. The van der Waals surface area contributed by atoms with Crippen molar-refractivity contribution in [2.75, 3.05) is 7.05 Å². The fraction of sp³-hybridized carbons (Fsp3) is 0.583. The number of aryl methyl sites for hydroxylation is 1. The molecule has 1 aromatic heterocycles. The topological polar surface area (TPSA) is 24.9 Å². The Morgan fingerprint density at radius 2 is 2.29 bits per heavy atom. The van der Waals surface area contributed by atoms with Crippen LogP contribution in [-0.2, 0) is 0 Å². The fourth-order valence-corrected chi connectivity index (χ4v) is 2.25. The largest absolute Gasteiger partial charge is 0.313 e. The maximum atomic E-state index is 4.14. The van der Waals surface area contributed by atoms with Crippen molar-refractivity contribution in [3.63, 3.8) is 0 Å². The molecule has 76 valence electrons. The minimum absolute atomic E-state index is 0.534. The van der Waals surface area contributed by atoms with E-state index in [9.17, 15) is 0 Å². The Morgan fingerprint density at radius 3 is 2.79 bits per heavy atom. The molecule has 0 aromatic carbocycles. The molecule has 1 aromatic rings. The summed E-state index contributed by atoms with van der Waals surface area (Å²) in [7, 11) is 2.06. The average Bonchev–Trinajstić information content (AvgIpc) is 2.12. The number of pyridine rings is 1. The van der Waals surface area contributed by atoms with Gasteiger partial charge in [-0.2, -0.15) is 0 Å². The molecule has 1 atom stereocenters. The van der Waals surface area contributed by atoms with Gasteiger partial charge in [-0.3, -0.25) is 4.98 Å². The second kappa shape index (κ2) is 4.09. The van der Waals surface area contributed by atoms with E-state index in [1.807, 2.05) is 12.4 Å². The van der Waals surface area contributed by atoms with Gasteiger partial charge in [-0.15, -0.1) is 0 Å². The summed E-state index contributed by atoms with van der Waals surface area (Å²) in [5.41, 5.74) is 2.73. The van der Waals surface area contributed by atoms with Crippen LogP contribution in [-0.4, -0.2) is 12.0 Å². The molecule has 1 aliphatic carbocycles. The molecule has 2 rings (SSSR count). The maximum absolute atomic E-state index is 4.14. The standard InChI is InChI=1S/C12H18N2/c1-9-8-14-7-6-11(9)12(13-2)10-4-3-5-10/h6-8,10,12-13H,3-5H2,1-2H3. The van der Waals surface area contributed by atoms with Crippen LogP contribution in [0.5, 0.6) is 0 Å². The van der Waals surface area contributed by atoms with E-state index in [-0.39, 0.29) is 0 Å². The van der Waals surface area contributed by atoms with Crippen molar-refractivity contribution in [3.05, 3.63) is 29.6 Å². The molecule has 14 heavy (non-hydrogen) atoms. The quantitative estimate of drug-likeness (QED) is 0.792. The highest BCUT2D eigenvalue weighted by Gasteiger charge is 2.27. The molecule has 1 aliphatic rings. The summed E-state index contributed by atoms with van der Waals surface area (Å²) in [5.74, 6) is 0.834. The van der Waals surface area contributed by atoms with Crippen LogP contribution in [0, 0.1) is 12.8 Å². The van der Waals surface area contributed by atoms with Gasteiger partial charge in [0.05, 0.1) is 0 Å². The lowest BCUT2D eigenvalue weighted by molar-refractivity contribution is 0.239. The molecule has 2 nitrogen and oxygen atoms in total.